The van der Waals surface area contributed by atoms with Gasteiger partial charge < -0.3 is 9.84 Å². The highest BCUT2D eigenvalue weighted by molar-refractivity contribution is 7.88. The Labute approximate surface area is 127 Å². The topological polar surface area (TPSA) is 66.8 Å². The minimum atomic E-state index is -3.39. The molecule has 0 aliphatic heterocycles. The minimum Gasteiger partial charge on any atom is -0.392 e. The van der Waals surface area contributed by atoms with Gasteiger partial charge in [0, 0.05) is 19.7 Å². The summed E-state index contributed by atoms with van der Waals surface area (Å²) in [5, 5.41) is 9.01. The zero-order valence-electron chi connectivity index (χ0n) is 12.9. The molecule has 0 fully saturated rings. The molecule has 5 nitrogen and oxygen atoms in total. The largest absolute Gasteiger partial charge is 0.392 e. The van der Waals surface area contributed by atoms with E-state index in [1.807, 2.05) is 13.8 Å². The molecule has 0 aliphatic rings. The van der Waals surface area contributed by atoms with Gasteiger partial charge in [-0.15, -0.1) is 0 Å². The first-order valence-corrected chi connectivity index (χ1v) is 8.72. The Morgan fingerprint density at radius 2 is 1.81 bits per heavy atom. The molecule has 1 atom stereocenters. The van der Waals surface area contributed by atoms with Crippen LogP contribution in [0.15, 0.2) is 24.3 Å². The molecule has 0 bridgehead atoms. The van der Waals surface area contributed by atoms with Gasteiger partial charge in [-0.2, -0.15) is 4.31 Å². The summed E-state index contributed by atoms with van der Waals surface area (Å²) in [5.41, 5.74) is 1.49. The Hall–Kier alpha value is -0.950. The average Bonchev–Trinajstić information content (AvgIpc) is 2.47. The lowest BCUT2D eigenvalue weighted by Gasteiger charge is -2.27. The maximum atomic E-state index is 12.6. The molecule has 6 heteroatoms. The van der Waals surface area contributed by atoms with Crippen LogP contribution in [0.4, 0.5) is 0 Å². The van der Waals surface area contributed by atoms with Crippen molar-refractivity contribution in [3.63, 3.8) is 0 Å². The van der Waals surface area contributed by atoms with Gasteiger partial charge in [0.15, 0.2) is 0 Å². The maximum Gasteiger partial charge on any atom is 0.218 e. The van der Waals surface area contributed by atoms with Crippen LogP contribution in [0.3, 0.4) is 0 Å². The maximum absolute atomic E-state index is 12.6. The van der Waals surface area contributed by atoms with Crippen LogP contribution in [0.1, 0.15) is 31.4 Å². The molecule has 1 unspecified atom stereocenters. The van der Waals surface area contributed by atoms with E-state index in [0.29, 0.717) is 13.2 Å². The van der Waals surface area contributed by atoms with Crippen LogP contribution in [0.2, 0.25) is 0 Å². The number of rotatable bonds is 9. The summed E-state index contributed by atoms with van der Waals surface area (Å²) < 4.78 is 31.7. The number of nitrogens with zero attached hydrogens (tertiary/aromatic N) is 1. The molecular formula is C15H25NO4S. The summed E-state index contributed by atoms with van der Waals surface area (Å²) in [6.07, 6.45) is 0.756. The van der Waals surface area contributed by atoms with E-state index in [0.717, 1.165) is 17.5 Å². The summed E-state index contributed by atoms with van der Waals surface area (Å²) in [4.78, 5) is 0. The molecule has 0 aliphatic carbocycles. The van der Waals surface area contributed by atoms with Crippen LogP contribution in [0.5, 0.6) is 0 Å². The zero-order chi connectivity index (χ0) is 15.9. The first kappa shape index (κ1) is 18.1. The number of methoxy groups -OCH3 is 1. The fraction of sp³-hybridized carbons (Fsp3) is 0.600. The molecular weight excluding hydrogens is 290 g/mol. The zero-order valence-corrected chi connectivity index (χ0v) is 13.8. The van der Waals surface area contributed by atoms with Crippen molar-refractivity contribution in [3.8, 4) is 0 Å². The van der Waals surface area contributed by atoms with E-state index in [-0.39, 0.29) is 18.4 Å². The van der Waals surface area contributed by atoms with Gasteiger partial charge in [0.2, 0.25) is 10.0 Å². The number of aliphatic hydroxyl groups excluding tert-OH is 1. The third-order valence-electron chi connectivity index (χ3n) is 3.51. The first-order chi connectivity index (χ1) is 9.94. The summed E-state index contributed by atoms with van der Waals surface area (Å²) in [6, 6.07) is 6.92. The van der Waals surface area contributed by atoms with Crippen LogP contribution in [0.25, 0.3) is 0 Å². The summed E-state index contributed by atoms with van der Waals surface area (Å²) in [6.45, 7) is 4.58. The van der Waals surface area contributed by atoms with Crippen molar-refractivity contribution in [1.29, 1.82) is 0 Å². The van der Waals surface area contributed by atoms with Gasteiger partial charge in [-0.3, -0.25) is 0 Å². The number of hydrogen-bond acceptors (Lipinski definition) is 4. The molecule has 1 aromatic rings. The normalized spacial score (nSPS) is 13.6. The Morgan fingerprint density at radius 3 is 2.29 bits per heavy atom. The molecule has 0 radical (unpaired) electrons. The monoisotopic (exact) mass is 315 g/mol. The molecule has 0 heterocycles. The highest BCUT2D eigenvalue weighted by atomic mass is 32.2. The second kappa shape index (κ2) is 8.48. The van der Waals surface area contributed by atoms with E-state index >= 15 is 0 Å². The van der Waals surface area contributed by atoms with Gasteiger partial charge in [0.25, 0.3) is 0 Å². The Bertz CT molecular complexity index is 513. The van der Waals surface area contributed by atoms with E-state index in [1.54, 1.807) is 31.4 Å². The lowest BCUT2D eigenvalue weighted by Crippen LogP contribution is -2.41. The van der Waals surface area contributed by atoms with Crippen LogP contribution < -0.4 is 0 Å². The highest BCUT2D eigenvalue weighted by Gasteiger charge is 2.26. The molecule has 1 aromatic carbocycles. The molecule has 120 valence electrons. The molecule has 1 rings (SSSR count). The van der Waals surface area contributed by atoms with Gasteiger partial charge in [-0.05, 0) is 24.5 Å². The Kier molecular flexibility index (Phi) is 7.31. The number of hydrogen-bond donors (Lipinski definition) is 1. The number of ether oxygens (including phenoxy) is 1. The highest BCUT2D eigenvalue weighted by Crippen LogP contribution is 2.16. The standard InChI is InChI=1S/C15H25NO4S/c1-4-13(2)16(9-10-20-3)21(18,19)12-15-7-5-14(11-17)6-8-15/h5-8,13,17H,4,9-12H2,1-3H3. The van der Waals surface area contributed by atoms with Crippen molar-refractivity contribution < 1.29 is 18.3 Å². The fourth-order valence-corrected chi connectivity index (χ4v) is 3.88. The smallest absolute Gasteiger partial charge is 0.218 e. The molecule has 1 N–H and O–H groups in total. The van der Waals surface area contributed by atoms with Crippen molar-refractivity contribution in [2.45, 2.75) is 38.7 Å². The third kappa shape index (κ3) is 5.39. The van der Waals surface area contributed by atoms with Crippen molar-refractivity contribution in [3.05, 3.63) is 35.4 Å². The predicted molar refractivity (Wildman–Crippen MR) is 83.3 cm³/mol. The van der Waals surface area contributed by atoms with Gasteiger partial charge in [-0.25, -0.2) is 8.42 Å². The van der Waals surface area contributed by atoms with Gasteiger partial charge in [0.1, 0.15) is 0 Å². The Balaban J connectivity index is 2.88. The summed E-state index contributed by atoms with van der Waals surface area (Å²) >= 11 is 0. The van der Waals surface area contributed by atoms with Crippen molar-refractivity contribution in [2.75, 3.05) is 20.3 Å². The van der Waals surface area contributed by atoms with E-state index in [9.17, 15) is 8.42 Å². The molecule has 0 aromatic heterocycles. The van der Waals surface area contributed by atoms with Gasteiger partial charge in [0.05, 0.1) is 19.0 Å². The van der Waals surface area contributed by atoms with E-state index < -0.39 is 10.0 Å². The van der Waals surface area contributed by atoms with Crippen LogP contribution in [-0.4, -0.2) is 44.1 Å². The Morgan fingerprint density at radius 1 is 1.24 bits per heavy atom. The quantitative estimate of drug-likeness (QED) is 0.754. The molecule has 0 amide bonds. The van der Waals surface area contributed by atoms with Gasteiger partial charge in [-0.1, -0.05) is 31.2 Å². The number of benzene rings is 1. The second-order valence-corrected chi connectivity index (χ2v) is 7.01. The minimum absolute atomic E-state index is 0.0350. The van der Waals surface area contributed by atoms with Crippen molar-refractivity contribution in [2.24, 2.45) is 0 Å². The summed E-state index contributed by atoms with van der Waals surface area (Å²) in [5.74, 6) is -0.0350. The van der Waals surface area contributed by atoms with Crippen molar-refractivity contribution >= 4 is 10.0 Å². The van der Waals surface area contributed by atoms with Gasteiger partial charge >= 0.3 is 0 Å². The number of sulfonamides is 1. The number of aliphatic hydroxyl groups is 1. The third-order valence-corrected chi connectivity index (χ3v) is 5.47. The molecule has 0 saturated heterocycles. The lowest BCUT2D eigenvalue weighted by molar-refractivity contribution is 0.167. The SMILES string of the molecule is CCC(C)N(CCOC)S(=O)(=O)Cc1ccc(CO)cc1. The predicted octanol–water partition coefficient (Wildman–Crippen LogP) is 1.76. The second-order valence-electron chi connectivity index (χ2n) is 5.09. The molecule has 0 saturated carbocycles. The average molecular weight is 315 g/mol. The van der Waals surface area contributed by atoms with E-state index in [4.69, 9.17) is 9.84 Å². The van der Waals surface area contributed by atoms with Crippen LogP contribution >= 0.6 is 0 Å². The van der Waals surface area contributed by atoms with E-state index in [2.05, 4.69) is 0 Å². The molecule has 0 spiro atoms. The summed E-state index contributed by atoms with van der Waals surface area (Å²) in [7, 11) is -1.82. The molecule has 21 heavy (non-hydrogen) atoms. The lowest BCUT2D eigenvalue weighted by atomic mass is 10.2. The van der Waals surface area contributed by atoms with Crippen LogP contribution in [-0.2, 0) is 27.1 Å². The fourth-order valence-electron chi connectivity index (χ4n) is 2.05. The van der Waals surface area contributed by atoms with Crippen LogP contribution in [0, 0.1) is 0 Å². The van der Waals surface area contributed by atoms with Crippen molar-refractivity contribution in [1.82, 2.24) is 4.31 Å². The first-order valence-electron chi connectivity index (χ1n) is 7.11. The van der Waals surface area contributed by atoms with E-state index in [1.165, 1.54) is 4.31 Å².